The van der Waals surface area contributed by atoms with E-state index < -0.39 is 0 Å². The molecule has 1 heterocycles. The molecule has 4 nitrogen and oxygen atoms in total. The van der Waals surface area contributed by atoms with Crippen molar-refractivity contribution in [3.63, 3.8) is 0 Å². The molecule has 88 valence electrons. The van der Waals surface area contributed by atoms with Crippen LogP contribution < -0.4 is 10.6 Å². The predicted molar refractivity (Wildman–Crippen MR) is 66.0 cm³/mol. The quantitative estimate of drug-likeness (QED) is 0.795. The molecule has 0 fully saturated rings. The SMILES string of the molecule is CNc1cc(C(=O)NCC(C)C)cc(Cl)n1. The Labute approximate surface area is 100 Å². The van der Waals surface area contributed by atoms with Crippen molar-refractivity contribution in [3.05, 3.63) is 22.8 Å². The fourth-order valence-electron chi connectivity index (χ4n) is 1.15. The average molecular weight is 242 g/mol. The van der Waals surface area contributed by atoms with Crippen LogP contribution in [0, 0.1) is 5.92 Å². The average Bonchev–Trinajstić information content (AvgIpc) is 2.24. The number of nitrogens with one attached hydrogen (secondary N) is 2. The molecule has 0 aliphatic carbocycles. The van der Waals surface area contributed by atoms with Crippen LogP contribution in [0.3, 0.4) is 0 Å². The summed E-state index contributed by atoms with van der Waals surface area (Å²) in [5.41, 5.74) is 0.519. The topological polar surface area (TPSA) is 54.0 Å². The number of hydrogen-bond donors (Lipinski definition) is 2. The van der Waals surface area contributed by atoms with Crippen LogP contribution in [0.2, 0.25) is 5.15 Å². The van der Waals surface area contributed by atoms with E-state index in [-0.39, 0.29) is 5.91 Å². The molecule has 0 radical (unpaired) electrons. The molecule has 0 spiro atoms. The van der Waals surface area contributed by atoms with Gasteiger partial charge in [0.1, 0.15) is 11.0 Å². The summed E-state index contributed by atoms with van der Waals surface area (Å²) in [5.74, 6) is 0.877. The summed E-state index contributed by atoms with van der Waals surface area (Å²) >= 11 is 5.80. The second kappa shape index (κ2) is 5.70. The van der Waals surface area contributed by atoms with E-state index in [1.807, 2.05) is 13.8 Å². The van der Waals surface area contributed by atoms with Gasteiger partial charge in [0.2, 0.25) is 0 Å². The summed E-state index contributed by atoms with van der Waals surface area (Å²) in [6.45, 7) is 4.73. The molecule has 0 bridgehead atoms. The highest BCUT2D eigenvalue weighted by molar-refractivity contribution is 6.29. The number of amides is 1. The van der Waals surface area contributed by atoms with Gasteiger partial charge in [-0.1, -0.05) is 25.4 Å². The van der Waals surface area contributed by atoms with E-state index in [1.54, 1.807) is 19.2 Å². The van der Waals surface area contributed by atoms with Gasteiger partial charge in [-0.05, 0) is 18.1 Å². The predicted octanol–water partition coefficient (Wildman–Crippen LogP) is 2.16. The molecule has 0 saturated heterocycles. The Morgan fingerprint density at radius 1 is 1.50 bits per heavy atom. The zero-order valence-electron chi connectivity index (χ0n) is 9.67. The minimum Gasteiger partial charge on any atom is -0.373 e. The third-order valence-corrected chi connectivity index (χ3v) is 2.18. The first-order valence-electron chi connectivity index (χ1n) is 5.16. The van der Waals surface area contributed by atoms with Crippen molar-refractivity contribution in [2.75, 3.05) is 18.9 Å². The molecule has 5 heteroatoms. The first kappa shape index (κ1) is 12.8. The number of aromatic nitrogens is 1. The fraction of sp³-hybridized carbons (Fsp3) is 0.455. The van der Waals surface area contributed by atoms with Crippen molar-refractivity contribution >= 4 is 23.3 Å². The summed E-state index contributed by atoms with van der Waals surface area (Å²) in [5, 5.41) is 5.98. The molecule has 2 N–H and O–H groups in total. The number of nitrogens with zero attached hydrogens (tertiary/aromatic N) is 1. The van der Waals surface area contributed by atoms with Crippen LogP contribution >= 0.6 is 11.6 Å². The molecular weight excluding hydrogens is 226 g/mol. The van der Waals surface area contributed by atoms with Gasteiger partial charge in [0.15, 0.2) is 0 Å². The van der Waals surface area contributed by atoms with Gasteiger partial charge in [-0.3, -0.25) is 4.79 Å². The minimum atomic E-state index is -0.130. The van der Waals surface area contributed by atoms with E-state index in [4.69, 9.17) is 11.6 Å². The Kier molecular flexibility index (Phi) is 4.55. The zero-order chi connectivity index (χ0) is 12.1. The van der Waals surface area contributed by atoms with Crippen molar-refractivity contribution < 1.29 is 4.79 Å². The molecule has 0 aromatic carbocycles. The molecule has 1 amide bonds. The normalized spacial score (nSPS) is 10.3. The fourth-order valence-corrected chi connectivity index (χ4v) is 1.36. The summed E-state index contributed by atoms with van der Waals surface area (Å²) in [6, 6.07) is 3.22. The molecule has 0 unspecified atom stereocenters. The van der Waals surface area contributed by atoms with E-state index in [9.17, 15) is 4.79 Å². The van der Waals surface area contributed by atoms with E-state index in [0.717, 1.165) is 0 Å². The molecule has 1 aromatic rings. The first-order chi connectivity index (χ1) is 7.52. The van der Waals surface area contributed by atoms with Gasteiger partial charge in [0, 0.05) is 19.2 Å². The lowest BCUT2D eigenvalue weighted by molar-refractivity contribution is 0.0949. The lowest BCUT2D eigenvalue weighted by Gasteiger charge is -2.08. The van der Waals surface area contributed by atoms with Gasteiger partial charge in [0.05, 0.1) is 0 Å². The lowest BCUT2D eigenvalue weighted by Crippen LogP contribution is -2.27. The molecule has 0 atom stereocenters. The van der Waals surface area contributed by atoms with Gasteiger partial charge in [0.25, 0.3) is 5.91 Å². The summed E-state index contributed by atoms with van der Waals surface area (Å²) in [4.78, 5) is 15.7. The van der Waals surface area contributed by atoms with Crippen LogP contribution in [0.5, 0.6) is 0 Å². The molecule has 0 saturated carbocycles. The van der Waals surface area contributed by atoms with Gasteiger partial charge in [-0.15, -0.1) is 0 Å². The number of hydrogen-bond acceptors (Lipinski definition) is 3. The minimum absolute atomic E-state index is 0.130. The van der Waals surface area contributed by atoms with Crippen molar-refractivity contribution in [2.45, 2.75) is 13.8 Å². The maximum atomic E-state index is 11.7. The lowest BCUT2D eigenvalue weighted by atomic mass is 10.2. The third-order valence-electron chi connectivity index (χ3n) is 1.98. The Balaban J connectivity index is 2.78. The summed E-state index contributed by atoms with van der Waals surface area (Å²) < 4.78 is 0. The highest BCUT2D eigenvalue weighted by Gasteiger charge is 2.08. The van der Waals surface area contributed by atoms with Crippen molar-refractivity contribution in [1.82, 2.24) is 10.3 Å². The Morgan fingerprint density at radius 2 is 2.19 bits per heavy atom. The molecule has 16 heavy (non-hydrogen) atoms. The highest BCUT2D eigenvalue weighted by atomic mass is 35.5. The Hall–Kier alpha value is -1.29. The van der Waals surface area contributed by atoms with Gasteiger partial charge in [-0.25, -0.2) is 4.98 Å². The molecule has 0 aliphatic rings. The number of carbonyl (C=O) groups is 1. The highest BCUT2D eigenvalue weighted by Crippen LogP contribution is 2.14. The maximum absolute atomic E-state index is 11.7. The third kappa shape index (κ3) is 3.70. The number of halogens is 1. The summed E-state index contributed by atoms with van der Waals surface area (Å²) in [6.07, 6.45) is 0. The van der Waals surface area contributed by atoms with Crippen LogP contribution in [0.1, 0.15) is 24.2 Å². The van der Waals surface area contributed by atoms with Gasteiger partial charge >= 0.3 is 0 Å². The van der Waals surface area contributed by atoms with Crippen LogP contribution in [0.15, 0.2) is 12.1 Å². The van der Waals surface area contributed by atoms with E-state index >= 15 is 0 Å². The number of pyridine rings is 1. The molecule has 1 aromatic heterocycles. The van der Waals surface area contributed by atoms with Crippen molar-refractivity contribution in [3.8, 4) is 0 Å². The smallest absolute Gasteiger partial charge is 0.251 e. The molecular formula is C11H16ClN3O. The van der Waals surface area contributed by atoms with Crippen LogP contribution in [0.4, 0.5) is 5.82 Å². The Bertz CT molecular complexity index is 379. The summed E-state index contributed by atoms with van der Waals surface area (Å²) in [7, 11) is 1.73. The van der Waals surface area contributed by atoms with Crippen molar-refractivity contribution in [1.29, 1.82) is 0 Å². The number of anilines is 1. The number of carbonyl (C=O) groups excluding carboxylic acids is 1. The van der Waals surface area contributed by atoms with E-state index in [0.29, 0.717) is 29.0 Å². The standard InChI is InChI=1S/C11H16ClN3O/c1-7(2)6-14-11(16)8-4-9(12)15-10(5-8)13-3/h4-5,7H,6H2,1-3H3,(H,13,15)(H,14,16). The first-order valence-corrected chi connectivity index (χ1v) is 5.54. The molecule has 0 aliphatic heterocycles. The van der Waals surface area contributed by atoms with E-state index in [1.165, 1.54) is 0 Å². The van der Waals surface area contributed by atoms with Crippen molar-refractivity contribution in [2.24, 2.45) is 5.92 Å². The van der Waals surface area contributed by atoms with Gasteiger partial charge in [-0.2, -0.15) is 0 Å². The zero-order valence-corrected chi connectivity index (χ0v) is 10.4. The van der Waals surface area contributed by atoms with E-state index in [2.05, 4.69) is 15.6 Å². The van der Waals surface area contributed by atoms with Crippen LogP contribution in [-0.2, 0) is 0 Å². The Morgan fingerprint density at radius 3 is 2.75 bits per heavy atom. The monoisotopic (exact) mass is 241 g/mol. The largest absolute Gasteiger partial charge is 0.373 e. The second-order valence-corrected chi connectivity index (χ2v) is 4.30. The van der Waals surface area contributed by atoms with Crippen LogP contribution in [0.25, 0.3) is 0 Å². The molecule has 1 rings (SSSR count). The maximum Gasteiger partial charge on any atom is 0.251 e. The van der Waals surface area contributed by atoms with Gasteiger partial charge < -0.3 is 10.6 Å². The second-order valence-electron chi connectivity index (χ2n) is 3.92. The number of rotatable bonds is 4. The van der Waals surface area contributed by atoms with Crippen LogP contribution in [-0.4, -0.2) is 24.5 Å².